The third-order valence-corrected chi connectivity index (χ3v) is 4.46. The van der Waals surface area contributed by atoms with Crippen molar-refractivity contribution in [1.29, 1.82) is 5.26 Å². The van der Waals surface area contributed by atoms with E-state index in [4.69, 9.17) is 16.9 Å². The van der Waals surface area contributed by atoms with E-state index in [9.17, 15) is 9.59 Å². The van der Waals surface area contributed by atoms with Gasteiger partial charge in [0.05, 0.1) is 0 Å². The number of halogens is 1. The van der Waals surface area contributed by atoms with Crippen molar-refractivity contribution in [2.75, 3.05) is 25.0 Å². The maximum atomic E-state index is 12.2. The Bertz CT molecular complexity index is 724. The van der Waals surface area contributed by atoms with Crippen LogP contribution < -0.4 is 10.6 Å². The lowest BCUT2D eigenvalue weighted by Crippen LogP contribution is -2.27. The highest BCUT2D eigenvalue weighted by Gasteiger charge is 2.18. The summed E-state index contributed by atoms with van der Waals surface area (Å²) in [6.07, 6.45) is 3.72. The molecule has 2 N–H and O–H groups in total. The molecular weight excluding hydrogens is 340 g/mol. The Morgan fingerprint density at radius 3 is 2.96 bits per heavy atom. The number of benzene rings is 1. The third-order valence-electron chi connectivity index (χ3n) is 4.05. The maximum absolute atomic E-state index is 12.2. The third kappa shape index (κ3) is 5.23. The predicted molar refractivity (Wildman–Crippen MR) is 96.9 cm³/mol. The number of nitrogens with one attached hydrogen (secondary N) is 2. The molecule has 25 heavy (non-hydrogen) atoms. The Morgan fingerprint density at radius 1 is 1.48 bits per heavy atom. The van der Waals surface area contributed by atoms with Crippen LogP contribution in [0.3, 0.4) is 0 Å². The number of nitrogens with zero attached hydrogens (tertiary/aromatic N) is 2. The van der Waals surface area contributed by atoms with Crippen LogP contribution in [0, 0.1) is 18.3 Å². The highest BCUT2D eigenvalue weighted by Crippen LogP contribution is 2.23. The van der Waals surface area contributed by atoms with Gasteiger partial charge < -0.3 is 15.5 Å². The summed E-state index contributed by atoms with van der Waals surface area (Å²) >= 11 is 6.02. The predicted octanol–water partition coefficient (Wildman–Crippen LogP) is 2.60. The average Bonchev–Trinajstić information content (AvgIpc) is 3.00. The molecule has 1 aromatic carbocycles. The Kier molecular flexibility index (Phi) is 6.84. The number of carbonyl (C=O) groups excluding carboxylic acids is 2. The number of carbonyl (C=O) groups is 2. The quantitative estimate of drug-likeness (QED) is 0.444. The standard InChI is InChI=1S/C18H21ClN4O2/c1-13-15(19)5-2-6-16(13)22-18(25)14(11-20)12-21-8-4-10-23-9-3-7-17(23)24/h2,5-6,12,21H,3-4,7-10H2,1H3,(H,22,25)/b14-12-. The van der Waals surface area contributed by atoms with E-state index in [2.05, 4.69) is 10.6 Å². The SMILES string of the molecule is Cc1c(Cl)cccc1NC(=O)/C(C#N)=C\NCCCN1CCCC1=O. The summed E-state index contributed by atoms with van der Waals surface area (Å²) in [7, 11) is 0. The molecule has 132 valence electrons. The minimum absolute atomic E-state index is 0.0170. The summed E-state index contributed by atoms with van der Waals surface area (Å²) in [5.41, 5.74) is 1.31. The second-order valence-corrected chi connectivity index (χ2v) is 6.24. The van der Waals surface area contributed by atoms with Crippen LogP contribution in [-0.4, -0.2) is 36.3 Å². The Morgan fingerprint density at radius 2 is 2.28 bits per heavy atom. The molecular formula is C18H21ClN4O2. The fourth-order valence-electron chi connectivity index (χ4n) is 2.57. The number of hydrogen-bond donors (Lipinski definition) is 2. The molecule has 0 aliphatic carbocycles. The molecule has 0 spiro atoms. The van der Waals surface area contributed by atoms with E-state index in [1.807, 2.05) is 11.0 Å². The lowest BCUT2D eigenvalue weighted by Gasteiger charge is -2.14. The minimum Gasteiger partial charge on any atom is -0.390 e. The first-order chi connectivity index (χ1) is 12.0. The Labute approximate surface area is 152 Å². The highest BCUT2D eigenvalue weighted by molar-refractivity contribution is 6.31. The molecule has 1 heterocycles. The highest BCUT2D eigenvalue weighted by atomic mass is 35.5. The van der Waals surface area contributed by atoms with Gasteiger partial charge in [0, 0.05) is 43.0 Å². The largest absolute Gasteiger partial charge is 0.390 e. The van der Waals surface area contributed by atoms with Gasteiger partial charge in [-0.3, -0.25) is 9.59 Å². The minimum atomic E-state index is -0.491. The van der Waals surface area contributed by atoms with Crippen LogP contribution in [-0.2, 0) is 9.59 Å². The van der Waals surface area contributed by atoms with Gasteiger partial charge in [0.25, 0.3) is 5.91 Å². The van der Waals surface area contributed by atoms with Crippen LogP contribution in [0.4, 0.5) is 5.69 Å². The van der Waals surface area contributed by atoms with Gasteiger partial charge in [-0.25, -0.2) is 0 Å². The second-order valence-electron chi connectivity index (χ2n) is 5.83. The Balaban J connectivity index is 1.82. The first-order valence-electron chi connectivity index (χ1n) is 8.21. The molecule has 2 rings (SSSR count). The van der Waals surface area contributed by atoms with Crippen LogP contribution in [0.15, 0.2) is 30.0 Å². The zero-order valence-electron chi connectivity index (χ0n) is 14.1. The number of amides is 2. The molecule has 0 radical (unpaired) electrons. The van der Waals surface area contributed by atoms with Crippen molar-refractivity contribution in [3.63, 3.8) is 0 Å². The van der Waals surface area contributed by atoms with E-state index in [1.54, 1.807) is 25.1 Å². The summed E-state index contributed by atoms with van der Waals surface area (Å²) < 4.78 is 0. The molecule has 7 heteroatoms. The van der Waals surface area contributed by atoms with Crippen LogP contribution >= 0.6 is 11.6 Å². The van der Waals surface area contributed by atoms with Crippen LogP contribution in [0.2, 0.25) is 5.02 Å². The first kappa shape index (κ1) is 18.8. The molecule has 1 aliphatic rings. The van der Waals surface area contributed by atoms with Crippen molar-refractivity contribution >= 4 is 29.1 Å². The van der Waals surface area contributed by atoms with E-state index in [0.717, 1.165) is 24.9 Å². The second kappa shape index (κ2) is 9.09. The van der Waals surface area contributed by atoms with Crippen LogP contribution in [0.1, 0.15) is 24.8 Å². The molecule has 0 atom stereocenters. The van der Waals surface area contributed by atoms with E-state index in [0.29, 0.717) is 30.2 Å². The van der Waals surface area contributed by atoms with Crippen molar-refractivity contribution in [3.05, 3.63) is 40.6 Å². The zero-order chi connectivity index (χ0) is 18.2. The van der Waals surface area contributed by atoms with E-state index in [-0.39, 0.29) is 11.5 Å². The first-order valence-corrected chi connectivity index (χ1v) is 8.58. The smallest absolute Gasteiger partial charge is 0.267 e. The number of nitriles is 1. The Hall–Kier alpha value is -2.52. The summed E-state index contributed by atoms with van der Waals surface area (Å²) in [4.78, 5) is 25.5. The van der Waals surface area contributed by atoms with Crippen molar-refractivity contribution in [2.45, 2.75) is 26.2 Å². The van der Waals surface area contributed by atoms with Crippen molar-refractivity contribution < 1.29 is 9.59 Å². The number of likely N-dealkylation sites (tertiary alicyclic amines) is 1. The molecule has 1 aliphatic heterocycles. The van der Waals surface area contributed by atoms with Gasteiger partial charge in [-0.2, -0.15) is 5.26 Å². The topological polar surface area (TPSA) is 85.2 Å². The molecule has 0 unspecified atom stereocenters. The van der Waals surface area contributed by atoms with Gasteiger partial charge in [-0.05, 0) is 37.5 Å². The molecule has 1 saturated heterocycles. The number of rotatable bonds is 7. The van der Waals surface area contributed by atoms with Gasteiger partial charge >= 0.3 is 0 Å². The molecule has 1 fully saturated rings. The molecule has 2 amide bonds. The van der Waals surface area contributed by atoms with E-state index >= 15 is 0 Å². The van der Waals surface area contributed by atoms with Gasteiger partial charge in [0.2, 0.25) is 5.91 Å². The van der Waals surface area contributed by atoms with Crippen molar-refractivity contribution in [1.82, 2.24) is 10.2 Å². The summed E-state index contributed by atoms with van der Waals surface area (Å²) in [6, 6.07) is 7.09. The van der Waals surface area contributed by atoms with Crippen LogP contribution in [0.5, 0.6) is 0 Å². The fourth-order valence-corrected chi connectivity index (χ4v) is 2.74. The summed E-state index contributed by atoms with van der Waals surface area (Å²) in [5.74, 6) is -0.292. The zero-order valence-corrected chi connectivity index (χ0v) is 14.9. The van der Waals surface area contributed by atoms with Gasteiger partial charge in [-0.1, -0.05) is 17.7 Å². The van der Waals surface area contributed by atoms with E-state index in [1.165, 1.54) is 6.20 Å². The maximum Gasteiger partial charge on any atom is 0.267 e. The van der Waals surface area contributed by atoms with Gasteiger partial charge in [0.1, 0.15) is 11.6 Å². The molecule has 0 aromatic heterocycles. The van der Waals surface area contributed by atoms with Gasteiger partial charge in [0.15, 0.2) is 0 Å². The summed E-state index contributed by atoms with van der Waals surface area (Å²) in [6.45, 7) is 3.89. The normalized spacial score (nSPS) is 14.4. The average molecular weight is 361 g/mol. The van der Waals surface area contributed by atoms with E-state index < -0.39 is 5.91 Å². The van der Waals surface area contributed by atoms with Crippen LogP contribution in [0.25, 0.3) is 0 Å². The van der Waals surface area contributed by atoms with Crippen molar-refractivity contribution in [2.24, 2.45) is 0 Å². The fraction of sp³-hybridized carbons (Fsp3) is 0.389. The molecule has 0 bridgehead atoms. The van der Waals surface area contributed by atoms with Gasteiger partial charge in [-0.15, -0.1) is 0 Å². The lowest BCUT2D eigenvalue weighted by atomic mass is 10.2. The molecule has 6 nitrogen and oxygen atoms in total. The number of hydrogen-bond acceptors (Lipinski definition) is 4. The number of anilines is 1. The molecule has 1 aromatic rings. The lowest BCUT2D eigenvalue weighted by molar-refractivity contribution is -0.127. The summed E-state index contributed by atoms with van der Waals surface area (Å²) in [5, 5.41) is 15.4. The monoisotopic (exact) mass is 360 g/mol. The molecule has 0 saturated carbocycles. The van der Waals surface area contributed by atoms with Crippen molar-refractivity contribution in [3.8, 4) is 6.07 Å².